The molecule has 1 amide bonds. The number of nitrogens with one attached hydrogen (secondary N) is 1. The standard InChI is InChI=1S/C12H15NO6/c1-17-8-4-3-5-9(11(8)18-2)19-12(16)13-7-6-10(14)15/h3-5H,6-7H2,1-2H3,(H,13,16)(H,14,15). The van der Waals surface area contributed by atoms with Crippen molar-refractivity contribution < 1.29 is 28.9 Å². The maximum absolute atomic E-state index is 11.4. The molecule has 19 heavy (non-hydrogen) atoms. The first-order valence-corrected chi connectivity index (χ1v) is 5.47. The molecule has 1 rings (SSSR count). The molecule has 2 N–H and O–H groups in total. The minimum atomic E-state index is -1.00. The second-order valence-corrected chi connectivity index (χ2v) is 3.45. The van der Waals surface area contributed by atoms with Crippen LogP contribution in [0.3, 0.4) is 0 Å². The topological polar surface area (TPSA) is 94.1 Å². The van der Waals surface area contributed by atoms with Crippen LogP contribution in [0.2, 0.25) is 0 Å². The van der Waals surface area contributed by atoms with Crippen molar-refractivity contribution in [1.29, 1.82) is 0 Å². The Hall–Kier alpha value is -2.44. The van der Waals surface area contributed by atoms with Gasteiger partial charge >= 0.3 is 12.1 Å². The van der Waals surface area contributed by atoms with Gasteiger partial charge in [-0.3, -0.25) is 4.79 Å². The summed E-state index contributed by atoms with van der Waals surface area (Å²) < 4.78 is 15.2. The van der Waals surface area contributed by atoms with Crippen molar-refractivity contribution in [2.75, 3.05) is 20.8 Å². The van der Waals surface area contributed by atoms with E-state index >= 15 is 0 Å². The number of hydrogen-bond donors (Lipinski definition) is 2. The van der Waals surface area contributed by atoms with Gasteiger partial charge in [0.05, 0.1) is 20.6 Å². The molecule has 7 heteroatoms. The van der Waals surface area contributed by atoms with E-state index in [0.717, 1.165) is 0 Å². The molecule has 0 saturated carbocycles. The average molecular weight is 269 g/mol. The first-order valence-electron chi connectivity index (χ1n) is 5.47. The van der Waals surface area contributed by atoms with Gasteiger partial charge < -0.3 is 24.6 Å². The molecule has 0 aliphatic carbocycles. The fraction of sp³-hybridized carbons (Fsp3) is 0.333. The minimum absolute atomic E-state index is 0.0134. The number of methoxy groups -OCH3 is 2. The van der Waals surface area contributed by atoms with Gasteiger partial charge in [0.25, 0.3) is 0 Å². The van der Waals surface area contributed by atoms with E-state index in [1.807, 2.05) is 0 Å². The summed E-state index contributed by atoms with van der Waals surface area (Å²) in [5.74, 6) is -0.0920. The fourth-order valence-electron chi connectivity index (χ4n) is 1.35. The third kappa shape index (κ3) is 4.38. The predicted octanol–water partition coefficient (Wildman–Crippen LogP) is 1.27. The van der Waals surface area contributed by atoms with Gasteiger partial charge in [-0.1, -0.05) is 6.07 Å². The normalized spacial score (nSPS) is 9.58. The molecule has 0 aliphatic heterocycles. The molecule has 0 bridgehead atoms. The Kier molecular flexibility index (Phi) is 5.46. The molecule has 7 nitrogen and oxygen atoms in total. The van der Waals surface area contributed by atoms with Crippen LogP contribution < -0.4 is 19.5 Å². The Morgan fingerprint density at radius 2 is 1.89 bits per heavy atom. The maximum atomic E-state index is 11.4. The van der Waals surface area contributed by atoms with E-state index in [1.165, 1.54) is 20.3 Å². The van der Waals surface area contributed by atoms with Crippen molar-refractivity contribution in [2.24, 2.45) is 0 Å². The highest BCUT2D eigenvalue weighted by Gasteiger charge is 2.14. The summed E-state index contributed by atoms with van der Waals surface area (Å²) in [6.45, 7) is -0.0134. The quantitative estimate of drug-likeness (QED) is 0.807. The van der Waals surface area contributed by atoms with Crippen LogP contribution in [0.25, 0.3) is 0 Å². The molecule has 0 aliphatic rings. The number of carboxylic acids is 1. The number of benzene rings is 1. The van der Waals surface area contributed by atoms with Gasteiger partial charge in [-0.25, -0.2) is 4.79 Å². The van der Waals surface area contributed by atoms with Crippen molar-refractivity contribution in [2.45, 2.75) is 6.42 Å². The molecule has 1 aromatic rings. The van der Waals surface area contributed by atoms with E-state index in [2.05, 4.69) is 5.32 Å². The number of ether oxygens (including phenoxy) is 3. The number of hydrogen-bond acceptors (Lipinski definition) is 5. The SMILES string of the molecule is COc1cccc(OC(=O)NCCC(=O)O)c1OC. The number of amides is 1. The number of carbonyl (C=O) groups excluding carboxylic acids is 1. The third-order valence-electron chi connectivity index (χ3n) is 2.18. The number of para-hydroxylation sites is 1. The van der Waals surface area contributed by atoms with Gasteiger partial charge in [0.2, 0.25) is 5.75 Å². The van der Waals surface area contributed by atoms with Crippen molar-refractivity contribution in [3.05, 3.63) is 18.2 Å². The highest BCUT2D eigenvalue weighted by Crippen LogP contribution is 2.36. The molecule has 1 aromatic carbocycles. The molecule has 0 unspecified atom stereocenters. The Morgan fingerprint density at radius 1 is 1.21 bits per heavy atom. The smallest absolute Gasteiger partial charge is 0.412 e. The van der Waals surface area contributed by atoms with Crippen LogP contribution in [0.15, 0.2) is 18.2 Å². The first kappa shape index (κ1) is 14.6. The zero-order valence-corrected chi connectivity index (χ0v) is 10.6. The first-order chi connectivity index (χ1) is 9.08. The zero-order valence-electron chi connectivity index (χ0n) is 10.6. The molecule has 0 radical (unpaired) electrons. The lowest BCUT2D eigenvalue weighted by molar-refractivity contribution is -0.136. The van der Waals surface area contributed by atoms with Crippen LogP contribution in [0.4, 0.5) is 4.79 Å². The molecule has 0 heterocycles. The summed E-state index contributed by atoms with van der Waals surface area (Å²) in [4.78, 5) is 21.7. The second kappa shape index (κ2) is 7.10. The zero-order chi connectivity index (χ0) is 14.3. The Bertz CT molecular complexity index is 460. The van der Waals surface area contributed by atoms with Gasteiger partial charge in [0.15, 0.2) is 11.5 Å². The molecule has 0 saturated heterocycles. The van der Waals surface area contributed by atoms with E-state index in [-0.39, 0.29) is 18.7 Å². The number of carbonyl (C=O) groups is 2. The van der Waals surface area contributed by atoms with Gasteiger partial charge in [-0.2, -0.15) is 0 Å². The predicted molar refractivity (Wildman–Crippen MR) is 65.8 cm³/mol. The van der Waals surface area contributed by atoms with Crippen LogP contribution in [0.5, 0.6) is 17.2 Å². The van der Waals surface area contributed by atoms with Crippen LogP contribution >= 0.6 is 0 Å². The molecule has 0 fully saturated rings. The number of carboxylic acid groups (broad SMARTS) is 1. The van der Waals surface area contributed by atoms with Crippen molar-refractivity contribution in [1.82, 2.24) is 5.32 Å². The largest absolute Gasteiger partial charge is 0.493 e. The summed E-state index contributed by atoms with van der Waals surface area (Å²) in [7, 11) is 2.89. The van der Waals surface area contributed by atoms with Crippen LogP contribution in [0, 0.1) is 0 Å². The van der Waals surface area contributed by atoms with E-state index in [9.17, 15) is 9.59 Å². The van der Waals surface area contributed by atoms with Crippen LogP contribution in [-0.4, -0.2) is 37.9 Å². The van der Waals surface area contributed by atoms with Crippen molar-refractivity contribution in [3.63, 3.8) is 0 Å². The number of aliphatic carboxylic acids is 1. The lowest BCUT2D eigenvalue weighted by Gasteiger charge is -2.12. The average Bonchev–Trinajstić information content (AvgIpc) is 2.37. The fourth-order valence-corrected chi connectivity index (χ4v) is 1.35. The summed E-state index contributed by atoms with van der Waals surface area (Å²) in [5.41, 5.74) is 0. The lowest BCUT2D eigenvalue weighted by atomic mass is 10.3. The van der Waals surface area contributed by atoms with E-state index in [4.69, 9.17) is 19.3 Å². The Labute approximate surface area is 110 Å². The third-order valence-corrected chi connectivity index (χ3v) is 2.18. The Balaban J connectivity index is 2.66. The number of rotatable bonds is 6. The second-order valence-electron chi connectivity index (χ2n) is 3.45. The Morgan fingerprint density at radius 3 is 2.47 bits per heavy atom. The van der Waals surface area contributed by atoms with Gasteiger partial charge in [0.1, 0.15) is 0 Å². The molecular formula is C12H15NO6. The molecular weight excluding hydrogens is 254 g/mol. The monoisotopic (exact) mass is 269 g/mol. The van der Waals surface area contributed by atoms with E-state index < -0.39 is 12.1 Å². The summed E-state index contributed by atoms with van der Waals surface area (Å²) in [5, 5.41) is 10.8. The highest BCUT2D eigenvalue weighted by molar-refractivity contribution is 5.73. The van der Waals surface area contributed by atoms with Gasteiger partial charge in [-0.05, 0) is 12.1 Å². The summed E-state index contributed by atoms with van der Waals surface area (Å²) in [6, 6.07) is 4.84. The summed E-state index contributed by atoms with van der Waals surface area (Å²) >= 11 is 0. The van der Waals surface area contributed by atoms with E-state index in [0.29, 0.717) is 11.5 Å². The summed E-state index contributed by atoms with van der Waals surface area (Å²) in [6.07, 6.45) is -0.933. The molecule has 0 spiro atoms. The van der Waals surface area contributed by atoms with Gasteiger partial charge in [0, 0.05) is 6.54 Å². The van der Waals surface area contributed by atoms with E-state index in [1.54, 1.807) is 12.1 Å². The van der Waals surface area contributed by atoms with Crippen molar-refractivity contribution >= 4 is 12.1 Å². The lowest BCUT2D eigenvalue weighted by Crippen LogP contribution is -2.29. The van der Waals surface area contributed by atoms with Crippen LogP contribution in [-0.2, 0) is 4.79 Å². The minimum Gasteiger partial charge on any atom is -0.493 e. The molecule has 104 valence electrons. The van der Waals surface area contributed by atoms with Crippen LogP contribution in [0.1, 0.15) is 6.42 Å². The molecule has 0 atom stereocenters. The van der Waals surface area contributed by atoms with Crippen molar-refractivity contribution in [3.8, 4) is 17.2 Å². The van der Waals surface area contributed by atoms with Gasteiger partial charge in [-0.15, -0.1) is 0 Å². The highest BCUT2D eigenvalue weighted by atomic mass is 16.6. The molecule has 0 aromatic heterocycles. The maximum Gasteiger partial charge on any atom is 0.412 e.